The van der Waals surface area contributed by atoms with Crippen molar-refractivity contribution in [2.75, 3.05) is 0 Å². The molecule has 0 N–H and O–H groups in total. The highest BCUT2D eigenvalue weighted by molar-refractivity contribution is 6.41. The molecule has 2 nitrogen and oxygen atoms in total. The number of ketones is 1. The summed E-state index contributed by atoms with van der Waals surface area (Å²) in [5.74, 6) is 0.0582. The monoisotopic (exact) mass is 365 g/mol. The maximum Gasteiger partial charge on any atom is 0.194 e. The summed E-state index contributed by atoms with van der Waals surface area (Å²) in [6, 6.07) is 14.1. The van der Waals surface area contributed by atoms with Gasteiger partial charge >= 0.3 is 0 Å². The molecule has 0 fully saturated rings. The normalized spacial score (nSPS) is 13.1. The minimum absolute atomic E-state index is 0.0582. The van der Waals surface area contributed by atoms with Crippen molar-refractivity contribution in [3.8, 4) is 11.3 Å². The first-order chi connectivity index (χ1) is 13.4. The predicted octanol–water partition coefficient (Wildman–Crippen LogP) is 6.28. The van der Waals surface area contributed by atoms with Crippen molar-refractivity contribution >= 4 is 16.9 Å². The maximum absolute atomic E-state index is 13.2. The van der Waals surface area contributed by atoms with E-state index in [1.165, 1.54) is 16.7 Å². The minimum atomic E-state index is 0.0582. The minimum Gasteiger partial charge on any atom is -0.289 e. The van der Waals surface area contributed by atoms with Gasteiger partial charge in [0.05, 0.1) is 5.69 Å². The summed E-state index contributed by atoms with van der Waals surface area (Å²) in [6.07, 6.45) is 3.60. The Labute approximate surface area is 166 Å². The number of nitrogens with zero attached hydrogens (tertiary/aromatic N) is 1. The summed E-state index contributed by atoms with van der Waals surface area (Å²) in [7, 11) is 0. The Morgan fingerprint density at radius 1 is 0.857 bits per heavy atom. The van der Waals surface area contributed by atoms with Crippen LogP contribution in [0, 0.1) is 27.7 Å². The fourth-order valence-corrected chi connectivity index (χ4v) is 4.15. The summed E-state index contributed by atoms with van der Waals surface area (Å²) in [4.78, 5) is 17.9. The number of allylic oxidation sites excluding steroid dienone is 3. The molecule has 0 unspecified atom stereocenters. The number of carbonyl (C=O) groups excluding carboxylic acids is 1. The second-order valence-corrected chi connectivity index (χ2v) is 7.45. The lowest BCUT2D eigenvalue weighted by molar-refractivity contribution is 0.105. The molecule has 0 spiro atoms. The van der Waals surface area contributed by atoms with Gasteiger partial charge in [-0.2, -0.15) is 0 Å². The molecule has 0 saturated carbocycles. The van der Waals surface area contributed by atoms with Crippen molar-refractivity contribution in [2.24, 2.45) is 0 Å². The van der Waals surface area contributed by atoms with Gasteiger partial charge in [-0.1, -0.05) is 48.6 Å². The third kappa shape index (κ3) is 2.65. The Hall–Kier alpha value is -3.26. The number of Topliss-reactive ketones (excluding diaryl/α,β-unsaturated/α-hetero) is 1. The van der Waals surface area contributed by atoms with Crippen LogP contribution in [0.25, 0.3) is 22.4 Å². The first-order valence-electron chi connectivity index (χ1n) is 9.49. The molecule has 1 heterocycles. The highest BCUT2D eigenvalue weighted by Crippen LogP contribution is 2.41. The molecule has 138 valence electrons. The molecular formula is C26H23NO. The van der Waals surface area contributed by atoms with E-state index >= 15 is 0 Å². The zero-order valence-electron chi connectivity index (χ0n) is 16.8. The van der Waals surface area contributed by atoms with E-state index in [0.29, 0.717) is 0 Å². The smallest absolute Gasteiger partial charge is 0.194 e. The molecule has 3 aromatic rings. The van der Waals surface area contributed by atoms with Crippen molar-refractivity contribution < 1.29 is 4.79 Å². The Bertz CT molecular complexity index is 1180. The zero-order chi connectivity index (χ0) is 20.0. The molecule has 28 heavy (non-hydrogen) atoms. The number of aromatic nitrogens is 1. The van der Waals surface area contributed by atoms with Crippen LogP contribution in [0.3, 0.4) is 0 Å². The Morgan fingerprint density at radius 3 is 2.29 bits per heavy atom. The number of benzene rings is 2. The summed E-state index contributed by atoms with van der Waals surface area (Å²) < 4.78 is 0. The van der Waals surface area contributed by atoms with E-state index < -0.39 is 0 Å². The van der Waals surface area contributed by atoms with Crippen LogP contribution in [0.2, 0.25) is 0 Å². The van der Waals surface area contributed by atoms with Crippen LogP contribution < -0.4 is 0 Å². The van der Waals surface area contributed by atoms with Crippen molar-refractivity contribution in [2.45, 2.75) is 27.7 Å². The van der Waals surface area contributed by atoms with Gasteiger partial charge in [-0.15, -0.1) is 0 Å². The van der Waals surface area contributed by atoms with Crippen molar-refractivity contribution in [3.05, 3.63) is 100 Å². The predicted molar refractivity (Wildman–Crippen MR) is 116 cm³/mol. The van der Waals surface area contributed by atoms with E-state index in [4.69, 9.17) is 0 Å². The van der Waals surface area contributed by atoms with Gasteiger partial charge in [-0.25, -0.2) is 0 Å². The highest BCUT2D eigenvalue weighted by Gasteiger charge is 2.30. The fourth-order valence-electron chi connectivity index (χ4n) is 4.15. The molecule has 0 radical (unpaired) electrons. The number of fused-ring (bicyclic) bond motifs is 1. The zero-order valence-corrected chi connectivity index (χ0v) is 16.8. The molecular weight excluding hydrogens is 342 g/mol. The van der Waals surface area contributed by atoms with E-state index in [9.17, 15) is 4.79 Å². The van der Waals surface area contributed by atoms with Crippen LogP contribution in [0.1, 0.15) is 43.7 Å². The van der Waals surface area contributed by atoms with Gasteiger partial charge in [0, 0.05) is 22.9 Å². The number of pyridine rings is 1. The lowest BCUT2D eigenvalue weighted by Gasteiger charge is -2.15. The second kappa shape index (κ2) is 6.72. The number of rotatable bonds is 3. The van der Waals surface area contributed by atoms with Crippen molar-refractivity contribution in [1.29, 1.82) is 0 Å². The molecule has 0 aliphatic heterocycles. The van der Waals surface area contributed by atoms with Gasteiger partial charge in [-0.3, -0.25) is 9.78 Å². The van der Waals surface area contributed by atoms with Gasteiger partial charge in [-0.05, 0) is 73.2 Å². The highest BCUT2D eigenvalue weighted by atomic mass is 16.1. The number of aryl methyl sites for hydroxylation is 2. The number of hydrogen-bond acceptors (Lipinski definition) is 2. The van der Waals surface area contributed by atoms with Gasteiger partial charge in [0.1, 0.15) is 0 Å². The molecule has 2 heteroatoms. The largest absolute Gasteiger partial charge is 0.289 e. The average Bonchev–Trinajstić information content (AvgIpc) is 2.97. The lowest BCUT2D eigenvalue weighted by atomic mass is 9.90. The topological polar surface area (TPSA) is 30.0 Å². The van der Waals surface area contributed by atoms with E-state index in [1.54, 1.807) is 12.3 Å². The lowest BCUT2D eigenvalue weighted by Crippen LogP contribution is -2.03. The Balaban J connectivity index is 1.97. The van der Waals surface area contributed by atoms with Crippen LogP contribution in [-0.2, 0) is 0 Å². The second-order valence-electron chi connectivity index (χ2n) is 7.45. The number of hydrogen-bond donors (Lipinski definition) is 0. The summed E-state index contributed by atoms with van der Waals surface area (Å²) in [5, 5.41) is 0. The third-order valence-corrected chi connectivity index (χ3v) is 5.70. The van der Waals surface area contributed by atoms with E-state index in [0.717, 1.165) is 44.7 Å². The summed E-state index contributed by atoms with van der Waals surface area (Å²) in [5.41, 5.74) is 11.0. The van der Waals surface area contributed by atoms with Gasteiger partial charge in [0.2, 0.25) is 0 Å². The number of carbonyl (C=O) groups is 1. The quantitative estimate of drug-likeness (QED) is 0.547. The van der Waals surface area contributed by atoms with Crippen LogP contribution in [0.5, 0.6) is 0 Å². The SMILES string of the molecule is C=CC1=C(c2ccnc(-c3cc(C)cc(C)c3C)c2C)C(=O)c2ccccc21. The van der Waals surface area contributed by atoms with Crippen LogP contribution >= 0.6 is 0 Å². The first kappa shape index (κ1) is 18.1. The Morgan fingerprint density at radius 2 is 1.57 bits per heavy atom. The molecule has 0 bridgehead atoms. The summed E-state index contributed by atoms with van der Waals surface area (Å²) >= 11 is 0. The fraction of sp³-hybridized carbons (Fsp3) is 0.154. The van der Waals surface area contributed by atoms with Crippen LogP contribution in [0.4, 0.5) is 0 Å². The maximum atomic E-state index is 13.2. The van der Waals surface area contributed by atoms with Gasteiger partial charge < -0.3 is 0 Å². The van der Waals surface area contributed by atoms with Crippen LogP contribution in [0.15, 0.2) is 61.3 Å². The van der Waals surface area contributed by atoms with Gasteiger partial charge in [0.25, 0.3) is 0 Å². The van der Waals surface area contributed by atoms with Crippen molar-refractivity contribution in [3.63, 3.8) is 0 Å². The molecule has 1 aliphatic rings. The van der Waals surface area contributed by atoms with Crippen LogP contribution in [-0.4, -0.2) is 10.8 Å². The molecule has 0 amide bonds. The average molecular weight is 365 g/mol. The van der Waals surface area contributed by atoms with Gasteiger partial charge in [0.15, 0.2) is 5.78 Å². The third-order valence-electron chi connectivity index (χ3n) is 5.70. The van der Waals surface area contributed by atoms with Crippen molar-refractivity contribution in [1.82, 2.24) is 4.98 Å². The Kier molecular flexibility index (Phi) is 4.35. The molecule has 2 aromatic carbocycles. The molecule has 0 saturated heterocycles. The van der Waals surface area contributed by atoms with E-state index in [1.807, 2.05) is 30.3 Å². The molecule has 1 aromatic heterocycles. The molecule has 0 atom stereocenters. The first-order valence-corrected chi connectivity index (χ1v) is 9.49. The van der Waals surface area contributed by atoms with E-state index in [-0.39, 0.29) is 5.78 Å². The molecule has 4 rings (SSSR count). The standard InChI is InChI=1S/C26H23NO/c1-6-19-21-9-7-8-10-22(21)26(28)24(19)20-11-12-27-25(18(20)5)23-14-15(2)13-16(3)17(23)4/h6-14H,1H2,2-5H3. The molecule has 1 aliphatic carbocycles. The van der Waals surface area contributed by atoms with E-state index in [2.05, 4.69) is 51.4 Å². The summed E-state index contributed by atoms with van der Waals surface area (Å²) in [6.45, 7) is 12.4.